The summed E-state index contributed by atoms with van der Waals surface area (Å²) in [6.07, 6.45) is 2.59. The van der Waals surface area contributed by atoms with Crippen LogP contribution in [0.5, 0.6) is 0 Å². The Labute approximate surface area is 147 Å². The number of carbonyl (C=O) groups is 1. The summed E-state index contributed by atoms with van der Waals surface area (Å²) < 4.78 is 2.68. The Bertz CT molecular complexity index is 1070. The molecule has 26 heavy (non-hydrogen) atoms. The highest BCUT2D eigenvalue weighted by Crippen LogP contribution is 2.21. The molecule has 0 aromatic carbocycles. The molecular weight excluding hydrogens is 340 g/mol. The van der Waals surface area contributed by atoms with E-state index in [1.807, 2.05) is 13.8 Å². The molecule has 3 heterocycles. The molecule has 0 amide bonds. The molecule has 3 aromatic heterocycles. The van der Waals surface area contributed by atoms with Crippen LogP contribution in [-0.2, 0) is 24.3 Å². The van der Waals surface area contributed by atoms with E-state index < -0.39 is 11.5 Å². The number of fused-ring (bicyclic) bond motifs is 1. The van der Waals surface area contributed by atoms with Crippen molar-refractivity contribution in [1.82, 2.24) is 29.3 Å². The molecule has 3 N–H and O–H groups in total. The van der Waals surface area contributed by atoms with Crippen LogP contribution in [0.2, 0.25) is 0 Å². The zero-order valence-corrected chi connectivity index (χ0v) is 14.6. The number of nitrogens with zero attached hydrogens (tertiary/aromatic N) is 4. The predicted molar refractivity (Wildman–Crippen MR) is 94.1 cm³/mol. The van der Waals surface area contributed by atoms with Gasteiger partial charge < -0.3 is 10.1 Å². The highest BCUT2D eigenvalue weighted by molar-refractivity contribution is 5.78. The van der Waals surface area contributed by atoms with Gasteiger partial charge >= 0.3 is 11.7 Å². The first-order valence-corrected chi connectivity index (χ1v) is 8.46. The monoisotopic (exact) mass is 360 g/mol. The van der Waals surface area contributed by atoms with Gasteiger partial charge in [-0.2, -0.15) is 5.10 Å². The number of carboxylic acids is 1. The molecule has 0 unspecified atom stereocenters. The molecule has 0 bridgehead atoms. The summed E-state index contributed by atoms with van der Waals surface area (Å²) in [7, 11) is 0. The first-order valence-electron chi connectivity index (χ1n) is 8.46. The van der Waals surface area contributed by atoms with Crippen molar-refractivity contribution in [1.29, 1.82) is 0 Å². The lowest BCUT2D eigenvalue weighted by atomic mass is 10.2. The minimum absolute atomic E-state index is 0.226. The van der Waals surface area contributed by atoms with Gasteiger partial charge in [0.05, 0.1) is 17.7 Å². The zero-order chi connectivity index (χ0) is 18.8. The summed E-state index contributed by atoms with van der Waals surface area (Å²) in [6, 6.07) is 0. The van der Waals surface area contributed by atoms with Gasteiger partial charge in [0.25, 0.3) is 5.56 Å². The lowest BCUT2D eigenvalue weighted by molar-refractivity contribution is -0.136. The lowest BCUT2D eigenvalue weighted by Crippen LogP contribution is -2.40. The summed E-state index contributed by atoms with van der Waals surface area (Å²) in [6.45, 7) is 4.57. The van der Waals surface area contributed by atoms with Crippen molar-refractivity contribution in [3.8, 4) is 11.4 Å². The molecule has 10 heteroatoms. The molecule has 0 saturated carbocycles. The van der Waals surface area contributed by atoms with Gasteiger partial charge in [0.15, 0.2) is 5.65 Å². The molecule has 138 valence electrons. The first kappa shape index (κ1) is 17.6. The summed E-state index contributed by atoms with van der Waals surface area (Å²) >= 11 is 0. The number of hydrogen-bond acceptors (Lipinski definition) is 5. The van der Waals surface area contributed by atoms with E-state index in [0.29, 0.717) is 43.0 Å². The van der Waals surface area contributed by atoms with Crippen molar-refractivity contribution < 1.29 is 9.90 Å². The van der Waals surface area contributed by atoms with Crippen LogP contribution in [0.4, 0.5) is 0 Å². The number of rotatable bonds is 7. The number of carboxylic acid groups (broad SMARTS) is 1. The third-order valence-corrected chi connectivity index (χ3v) is 4.05. The van der Waals surface area contributed by atoms with Gasteiger partial charge in [-0.15, -0.1) is 0 Å². The van der Waals surface area contributed by atoms with Crippen molar-refractivity contribution in [3.05, 3.63) is 32.7 Å². The molecule has 0 saturated heterocycles. The van der Waals surface area contributed by atoms with Crippen molar-refractivity contribution >= 4 is 17.1 Å². The maximum absolute atomic E-state index is 12.7. The first-order chi connectivity index (χ1) is 12.5. The molecule has 0 atom stereocenters. The number of aliphatic carboxylic acids is 1. The van der Waals surface area contributed by atoms with E-state index in [9.17, 15) is 14.4 Å². The Kier molecular flexibility index (Phi) is 4.74. The standard InChI is InChI=1S/C16H20N6O4/c1-3-5-21-14-12(15(25)22(6-4-2)16(21)26)18-13(19-14)9-8-17-20-10(9)7-11(23)24/h8H,3-7H2,1-2H3,(H,17,20)(H,18,19)(H,23,24). The fourth-order valence-corrected chi connectivity index (χ4v) is 2.94. The van der Waals surface area contributed by atoms with Gasteiger partial charge in [-0.25, -0.2) is 9.78 Å². The van der Waals surface area contributed by atoms with E-state index in [-0.39, 0.29) is 23.3 Å². The van der Waals surface area contributed by atoms with Crippen molar-refractivity contribution in [2.75, 3.05) is 0 Å². The average molecular weight is 360 g/mol. The SMILES string of the molecule is CCCn1c(=O)c2[nH]c(-c3c[nH]nc3CC(=O)O)nc2n(CCC)c1=O. The largest absolute Gasteiger partial charge is 0.481 e. The maximum Gasteiger partial charge on any atom is 0.332 e. The van der Waals surface area contributed by atoms with Crippen molar-refractivity contribution in [2.24, 2.45) is 0 Å². The fourth-order valence-electron chi connectivity index (χ4n) is 2.94. The van der Waals surface area contributed by atoms with E-state index in [0.717, 1.165) is 0 Å². The molecule has 0 spiro atoms. The van der Waals surface area contributed by atoms with Crippen LogP contribution in [0.25, 0.3) is 22.6 Å². The smallest absolute Gasteiger partial charge is 0.332 e. The quantitative estimate of drug-likeness (QED) is 0.567. The number of aromatic nitrogens is 6. The van der Waals surface area contributed by atoms with Crippen molar-refractivity contribution in [2.45, 2.75) is 46.2 Å². The normalized spacial score (nSPS) is 11.3. The Morgan fingerprint density at radius 3 is 2.54 bits per heavy atom. The zero-order valence-electron chi connectivity index (χ0n) is 14.6. The molecule has 0 aliphatic rings. The fraction of sp³-hybridized carbons (Fsp3) is 0.438. The minimum Gasteiger partial charge on any atom is -0.481 e. The van der Waals surface area contributed by atoms with Gasteiger partial charge in [-0.1, -0.05) is 13.8 Å². The summed E-state index contributed by atoms with van der Waals surface area (Å²) in [5.74, 6) is -0.719. The Morgan fingerprint density at radius 2 is 1.88 bits per heavy atom. The van der Waals surface area contributed by atoms with Crippen LogP contribution in [0.3, 0.4) is 0 Å². The number of aromatic amines is 2. The number of hydrogen-bond donors (Lipinski definition) is 3. The third-order valence-electron chi connectivity index (χ3n) is 4.05. The Balaban J connectivity index is 2.26. The Hall–Kier alpha value is -3.17. The predicted octanol–water partition coefficient (Wildman–Crippen LogP) is 0.723. The van der Waals surface area contributed by atoms with Crippen LogP contribution in [0.1, 0.15) is 32.4 Å². The van der Waals surface area contributed by atoms with E-state index in [2.05, 4.69) is 20.2 Å². The van der Waals surface area contributed by atoms with Gasteiger partial charge in [0.1, 0.15) is 11.3 Å². The maximum atomic E-state index is 12.7. The average Bonchev–Trinajstić information content (AvgIpc) is 3.21. The topological polar surface area (TPSA) is 139 Å². The minimum atomic E-state index is -1.03. The summed E-state index contributed by atoms with van der Waals surface area (Å²) in [5.41, 5.74) is 0.439. The van der Waals surface area contributed by atoms with E-state index >= 15 is 0 Å². The number of nitrogens with one attached hydrogen (secondary N) is 2. The second-order valence-electron chi connectivity index (χ2n) is 5.99. The van der Waals surface area contributed by atoms with Crippen LogP contribution >= 0.6 is 0 Å². The molecule has 10 nitrogen and oxygen atoms in total. The lowest BCUT2D eigenvalue weighted by Gasteiger charge is -2.09. The van der Waals surface area contributed by atoms with Gasteiger partial charge in [-0.3, -0.25) is 23.8 Å². The molecule has 3 aromatic rings. The molecule has 0 aliphatic carbocycles. The second-order valence-corrected chi connectivity index (χ2v) is 5.99. The highest BCUT2D eigenvalue weighted by Gasteiger charge is 2.20. The summed E-state index contributed by atoms with van der Waals surface area (Å²) in [5, 5.41) is 15.6. The van der Waals surface area contributed by atoms with Crippen LogP contribution in [-0.4, -0.2) is 40.4 Å². The van der Waals surface area contributed by atoms with Crippen LogP contribution < -0.4 is 11.2 Å². The van der Waals surface area contributed by atoms with E-state index in [4.69, 9.17) is 5.11 Å². The van der Waals surface area contributed by atoms with Crippen LogP contribution in [0, 0.1) is 0 Å². The molecule has 0 aliphatic heterocycles. The van der Waals surface area contributed by atoms with E-state index in [1.54, 1.807) is 0 Å². The molecular formula is C16H20N6O4. The van der Waals surface area contributed by atoms with Gasteiger partial charge in [-0.05, 0) is 12.8 Å². The second kappa shape index (κ2) is 6.98. The number of H-pyrrole nitrogens is 2. The van der Waals surface area contributed by atoms with Gasteiger partial charge in [0.2, 0.25) is 0 Å². The van der Waals surface area contributed by atoms with Crippen molar-refractivity contribution in [3.63, 3.8) is 0 Å². The highest BCUT2D eigenvalue weighted by atomic mass is 16.4. The number of aryl methyl sites for hydroxylation is 1. The van der Waals surface area contributed by atoms with Crippen LogP contribution in [0.15, 0.2) is 15.8 Å². The van der Waals surface area contributed by atoms with Gasteiger partial charge in [0, 0.05) is 19.3 Å². The third kappa shape index (κ3) is 2.93. The molecule has 0 radical (unpaired) electrons. The van der Waals surface area contributed by atoms with E-state index in [1.165, 1.54) is 15.3 Å². The molecule has 3 rings (SSSR count). The summed E-state index contributed by atoms with van der Waals surface area (Å²) in [4.78, 5) is 43.7. The molecule has 0 fully saturated rings. The Morgan fingerprint density at radius 1 is 1.19 bits per heavy atom. The number of imidazole rings is 1.